The Hall–Kier alpha value is -0.256. The van der Waals surface area contributed by atoms with Gasteiger partial charge in [-0.3, -0.25) is 14.4 Å². The zero-order chi connectivity index (χ0) is 14.5. The van der Waals surface area contributed by atoms with Crippen LogP contribution in [0.25, 0.3) is 0 Å². The molecule has 5 nitrogen and oxygen atoms in total. The van der Waals surface area contributed by atoms with Crippen LogP contribution in [0.2, 0.25) is 0 Å². The summed E-state index contributed by atoms with van der Waals surface area (Å²) < 4.78 is 0. The van der Waals surface area contributed by atoms with Gasteiger partial charge in [0.05, 0.1) is 6.42 Å². The van der Waals surface area contributed by atoms with Gasteiger partial charge in [0.25, 0.3) is 0 Å². The predicted octanol–water partition coefficient (Wildman–Crippen LogP) is 1.49. The van der Waals surface area contributed by atoms with Crippen LogP contribution in [0.4, 0.5) is 0 Å². The molecule has 0 spiro atoms. The topological polar surface area (TPSA) is 88.5 Å². The SMILES string of the molecule is C.CC(=O)CC(C)C(C)=O.CC1(O)CC(=O)CC1=O.[Y]. The van der Waals surface area contributed by atoms with Gasteiger partial charge in [0.15, 0.2) is 5.78 Å². The molecule has 0 aliphatic heterocycles. The molecule has 1 aliphatic rings. The summed E-state index contributed by atoms with van der Waals surface area (Å²) in [4.78, 5) is 42.1. The fourth-order valence-corrected chi connectivity index (χ4v) is 1.49. The maximum atomic E-state index is 10.6. The van der Waals surface area contributed by atoms with Gasteiger partial charge in [-0.15, -0.1) is 0 Å². The van der Waals surface area contributed by atoms with Crippen molar-refractivity contribution in [2.24, 2.45) is 5.92 Å². The maximum absolute atomic E-state index is 10.6. The van der Waals surface area contributed by atoms with Crippen LogP contribution in [0.5, 0.6) is 0 Å². The van der Waals surface area contributed by atoms with Gasteiger partial charge in [-0.2, -0.15) is 0 Å². The van der Waals surface area contributed by atoms with Crippen LogP contribution in [0.15, 0.2) is 0 Å². The van der Waals surface area contributed by atoms with Crippen molar-refractivity contribution in [1.82, 2.24) is 0 Å². The van der Waals surface area contributed by atoms with Gasteiger partial charge in [0.2, 0.25) is 0 Å². The van der Waals surface area contributed by atoms with Crippen molar-refractivity contribution < 1.29 is 57.0 Å². The maximum Gasteiger partial charge on any atom is 0.171 e. The molecule has 0 bridgehead atoms. The second-order valence-electron chi connectivity index (χ2n) is 5.01. The number of hydrogen-bond donors (Lipinski definition) is 1. The van der Waals surface area contributed by atoms with Crippen molar-refractivity contribution in [2.45, 2.75) is 60.0 Å². The number of aliphatic hydroxyl groups is 1. The van der Waals surface area contributed by atoms with Crippen molar-refractivity contribution in [3.05, 3.63) is 0 Å². The average molecular weight is 361 g/mol. The number of carbonyl (C=O) groups excluding carboxylic acids is 4. The molecule has 1 rings (SSSR count). The third kappa shape index (κ3) is 9.62. The van der Waals surface area contributed by atoms with Gasteiger partial charge in [-0.05, 0) is 20.8 Å². The first-order chi connectivity index (χ1) is 8.06. The fourth-order valence-electron chi connectivity index (χ4n) is 1.49. The Morgan fingerprint density at radius 1 is 1.30 bits per heavy atom. The van der Waals surface area contributed by atoms with Crippen LogP contribution in [0.3, 0.4) is 0 Å². The Bertz CT molecular complexity index is 374. The van der Waals surface area contributed by atoms with Gasteiger partial charge in [-0.1, -0.05) is 14.4 Å². The van der Waals surface area contributed by atoms with Gasteiger partial charge in [-0.25, -0.2) is 0 Å². The third-order valence-corrected chi connectivity index (χ3v) is 2.79. The summed E-state index contributed by atoms with van der Waals surface area (Å²) in [5.41, 5.74) is -1.36. The van der Waals surface area contributed by atoms with Crippen LogP contribution in [-0.4, -0.2) is 33.8 Å². The van der Waals surface area contributed by atoms with E-state index in [1.165, 1.54) is 20.8 Å². The zero-order valence-corrected chi connectivity index (χ0v) is 14.7. The monoisotopic (exact) mass is 361 g/mol. The van der Waals surface area contributed by atoms with Crippen LogP contribution in [-0.2, 0) is 51.9 Å². The molecule has 2 atom stereocenters. The van der Waals surface area contributed by atoms with Crippen molar-refractivity contribution in [1.29, 1.82) is 0 Å². The van der Waals surface area contributed by atoms with E-state index in [4.69, 9.17) is 5.11 Å². The zero-order valence-electron chi connectivity index (χ0n) is 11.9. The summed E-state index contributed by atoms with van der Waals surface area (Å²) in [7, 11) is 0. The Balaban J connectivity index is -0.000000263. The van der Waals surface area contributed by atoms with E-state index in [1.807, 2.05) is 0 Å². The van der Waals surface area contributed by atoms with E-state index in [1.54, 1.807) is 6.92 Å². The van der Waals surface area contributed by atoms with Crippen molar-refractivity contribution in [3.8, 4) is 0 Å². The van der Waals surface area contributed by atoms with Gasteiger partial charge in [0.1, 0.15) is 23.0 Å². The number of Topliss-reactive ketones (excluding diaryl/α,β-unsaturated/α-hetero) is 4. The molecule has 113 valence electrons. The smallest absolute Gasteiger partial charge is 0.171 e. The van der Waals surface area contributed by atoms with Gasteiger partial charge in [0, 0.05) is 51.5 Å². The molecule has 0 aromatic rings. The molecule has 1 radical (unpaired) electrons. The van der Waals surface area contributed by atoms with E-state index < -0.39 is 5.60 Å². The molecule has 1 N–H and O–H groups in total. The molecule has 1 saturated carbocycles. The van der Waals surface area contributed by atoms with Crippen LogP contribution < -0.4 is 0 Å². The molecule has 0 saturated heterocycles. The summed E-state index contributed by atoms with van der Waals surface area (Å²) in [6.45, 7) is 6.15. The summed E-state index contributed by atoms with van der Waals surface area (Å²) in [6, 6.07) is 0. The van der Waals surface area contributed by atoms with E-state index in [9.17, 15) is 19.2 Å². The van der Waals surface area contributed by atoms with E-state index >= 15 is 0 Å². The first-order valence-electron chi connectivity index (χ1n) is 5.83. The second-order valence-corrected chi connectivity index (χ2v) is 5.01. The molecule has 0 aromatic carbocycles. The molecule has 2 unspecified atom stereocenters. The first kappa shape index (κ1) is 24.7. The van der Waals surface area contributed by atoms with E-state index in [0.717, 1.165) is 0 Å². The molecular formula is C14H24O5Y. The van der Waals surface area contributed by atoms with Crippen molar-refractivity contribution >= 4 is 23.1 Å². The molecule has 1 aliphatic carbocycles. The summed E-state index contributed by atoms with van der Waals surface area (Å²) >= 11 is 0. The fraction of sp³-hybridized carbons (Fsp3) is 0.714. The minimum Gasteiger partial charge on any atom is -0.382 e. The normalized spacial score (nSPS) is 21.9. The number of hydrogen-bond acceptors (Lipinski definition) is 5. The van der Waals surface area contributed by atoms with E-state index in [-0.39, 0.29) is 82.0 Å². The molecule has 0 heterocycles. The average Bonchev–Trinajstić information content (AvgIpc) is 2.38. The minimum atomic E-state index is -1.36. The minimum absolute atomic E-state index is 0. The molecule has 20 heavy (non-hydrogen) atoms. The largest absolute Gasteiger partial charge is 0.382 e. The van der Waals surface area contributed by atoms with E-state index in [2.05, 4.69) is 0 Å². The summed E-state index contributed by atoms with van der Waals surface area (Å²) in [5.74, 6) is -0.442. The number of rotatable bonds is 3. The summed E-state index contributed by atoms with van der Waals surface area (Å²) in [5, 5.41) is 9.06. The quantitative estimate of drug-likeness (QED) is 0.770. The Labute approximate surface area is 145 Å². The van der Waals surface area contributed by atoms with Gasteiger partial charge < -0.3 is 9.90 Å². The van der Waals surface area contributed by atoms with Crippen molar-refractivity contribution in [2.75, 3.05) is 0 Å². The molecule has 0 amide bonds. The van der Waals surface area contributed by atoms with Crippen LogP contribution >= 0.6 is 0 Å². The number of ketones is 4. The van der Waals surface area contributed by atoms with Crippen LogP contribution in [0.1, 0.15) is 54.4 Å². The van der Waals surface area contributed by atoms with Crippen LogP contribution in [0, 0.1) is 5.92 Å². The summed E-state index contributed by atoms with van der Waals surface area (Å²) in [6.07, 6.45) is 0.286. The number of carbonyl (C=O) groups is 4. The van der Waals surface area contributed by atoms with Crippen molar-refractivity contribution in [3.63, 3.8) is 0 Å². The van der Waals surface area contributed by atoms with E-state index in [0.29, 0.717) is 6.42 Å². The third-order valence-electron chi connectivity index (χ3n) is 2.79. The Morgan fingerprint density at radius 2 is 1.75 bits per heavy atom. The second kappa shape index (κ2) is 10.5. The Kier molecular flexibility index (Phi) is 12.9. The standard InChI is InChI=1S/C7H12O2.C6H8O3.CH4.Y/c1-5(7(3)9)4-6(2)8;1-6(9)3-4(7)2-5(6)8;;/h5H,4H2,1-3H3;9H,2-3H2,1H3;1H4;. The first-order valence-corrected chi connectivity index (χ1v) is 5.83. The van der Waals surface area contributed by atoms with Gasteiger partial charge >= 0.3 is 0 Å². The molecule has 6 heteroatoms. The molecular weight excluding hydrogens is 337 g/mol. The molecule has 0 aromatic heterocycles. The predicted molar refractivity (Wildman–Crippen MR) is 71.7 cm³/mol. The molecule has 1 fully saturated rings. The Morgan fingerprint density at radius 3 is 1.85 bits per heavy atom.